The molecule has 0 bridgehead atoms. The molecule has 0 spiro atoms. The molecule has 1 aromatic carbocycles. The first-order valence-electron chi connectivity index (χ1n) is 14.0. The Kier molecular flexibility index (Phi) is 20.9. The van der Waals surface area contributed by atoms with Crippen LogP contribution >= 0.6 is 8.60 Å². The van der Waals surface area contributed by atoms with Crippen molar-refractivity contribution in [3.05, 3.63) is 29.8 Å². The molecule has 3 N–H and O–H groups in total. The smallest absolute Gasteiger partial charge is 0.330 e. The maximum Gasteiger partial charge on any atom is 0.330 e. The van der Waals surface area contributed by atoms with Crippen molar-refractivity contribution < 1.29 is 33.5 Å². The average Bonchev–Trinajstić information content (AvgIpc) is 2.87. The van der Waals surface area contributed by atoms with Gasteiger partial charge in [-0.2, -0.15) is 0 Å². The average molecular weight is 529 g/mol. The van der Waals surface area contributed by atoms with Crippen molar-refractivity contribution in [2.24, 2.45) is 0 Å². The van der Waals surface area contributed by atoms with Crippen LogP contribution < -0.4 is 10.1 Å². The number of ether oxygens (including phenoxy) is 2. The lowest BCUT2D eigenvalue weighted by Gasteiger charge is -2.19. The van der Waals surface area contributed by atoms with Crippen LogP contribution in [0.4, 0.5) is 0 Å². The Bertz CT molecular complexity index is 645. The number of likely N-dealkylation sites (N-methyl/N-ethyl adjacent to an activating group) is 1. The van der Waals surface area contributed by atoms with Gasteiger partial charge in [0.1, 0.15) is 18.5 Å². The molecule has 0 saturated heterocycles. The normalized spacial score (nSPS) is 12.9. The van der Waals surface area contributed by atoms with Crippen molar-refractivity contribution >= 4 is 14.6 Å². The SMILES string of the molecule is CCCCCCCCCCCCOc1ccc(CC(COP(O)OCC[NH2+]C)OC(=O)CCC)cc1. The standard InChI is InChI=1S/C28H50NO6P/c1-4-6-7-8-9-10-11-12-13-14-21-32-26-18-16-25(17-19-26)23-27(35-28(30)15-5-2)24-34-36(31)33-22-20-29-3/h16-19,27,29,31H,4-15,20-24H2,1-3H3/p+1. The first-order chi connectivity index (χ1) is 17.6. The largest absolute Gasteiger partial charge is 0.494 e. The fourth-order valence-corrected chi connectivity index (χ4v) is 4.41. The fourth-order valence-electron chi connectivity index (χ4n) is 3.78. The first kappa shape index (κ1) is 32.8. The number of quaternary nitrogens is 1. The van der Waals surface area contributed by atoms with Crippen LogP contribution in [0.5, 0.6) is 5.75 Å². The van der Waals surface area contributed by atoms with Gasteiger partial charge in [0.05, 0.1) is 26.8 Å². The van der Waals surface area contributed by atoms with E-state index in [-0.39, 0.29) is 12.6 Å². The van der Waals surface area contributed by atoms with Crippen molar-refractivity contribution in [3.8, 4) is 5.75 Å². The van der Waals surface area contributed by atoms with E-state index in [0.29, 0.717) is 19.4 Å². The van der Waals surface area contributed by atoms with Crippen LogP contribution in [0.15, 0.2) is 24.3 Å². The molecule has 0 aliphatic heterocycles. The third kappa shape index (κ3) is 18.1. The van der Waals surface area contributed by atoms with E-state index in [1.165, 1.54) is 57.8 Å². The van der Waals surface area contributed by atoms with Gasteiger partial charge in [-0.15, -0.1) is 0 Å². The number of carbonyl (C=O) groups is 1. The summed E-state index contributed by atoms with van der Waals surface area (Å²) in [5, 5.41) is 1.96. The number of hydrogen-bond acceptors (Lipinski definition) is 6. The molecule has 2 atom stereocenters. The third-order valence-electron chi connectivity index (χ3n) is 5.88. The van der Waals surface area contributed by atoms with E-state index in [4.69, 9.17) is 18.5 Å². The molecule has 2 unspecified atom stereocenters. The van der Waals surface area contributed by atoms with E-state index in [1.54, 1.807) is 0 Å². The second kappa shape index (κ2) is 22.9. The quantitative estimate of drug-likeness (QED) is 0.102. The Labute approximate surface area is 220 Å². The van der Waals surface area contributed by atoms with Gasteiger partial charge < -0.3 is 28.7 Å². The lowest BCUT2D eigenvalue weighted by molar-refractivity contribution is -0.627. The molecule has 8 heteroatoms. The number of nitrogens with two attached hydrogens (primary N) is 1. The molecule has 0 fully saturated rings. The highest BCUT2D eigenvalue weighted by atomic mass is 31.2. The summed E-state index contributed by atoms with van der Waals surface area (Å²) in [6.45, 7) is 6.16. The molecule has 0 radical (unpaired) electrons. The highest BCUT2D eigenvalue weighted by Crippen LogP contribution is 2.32. The van der Waals surface area contributed by atoms with Crippen LogP contribution in [0.2, 0.25) is 0 Å². The van der Waals surface area contributed by atoms with E-state index in [2.05, 4.69) is 6.92 Å². The van der Waals surface area contributed by atoms with Gasteiger partial charge in [0.25, 0.3) is 0 Å². The van der Waals surface area contributed by atoms with Crippen molar-refractivity contribution in [3.63, 3.8) is 0 Å². The molecule has 7 nitrogen and oxygen atoms in total. The number of carbonyl (C=O) groups excluding carboxylic acids is 1. The van der Waals surface area contributed by atoms with E-state index < -0.39 is 14.7 Å². The van der Waals surface area contributed by atoms with Crippen molar-refractivity contribution in [2.45, 2.75) is 103 Å². The maximum atomic E-state index is 12.0. The van der Waals surface area contributed by atoms with Crippen LogP contribution in [0.25, 0.3) is 0 Å². The van der Waals surface area contributed by atoms with Crippen LogP contribution in [-0.2, 0) is 25.0 Å². The van der Waals surface area contributed by atoms with E-state index >= 15 is 0 Å². The van der Waals surface area contributed by atoms with Crippen molar-refractivity contribution in [1.82, 2.24) is 0 Å². The predicted octanol–water partition coefficient (Wildman–Crippen LogP) is 5.69. The zero-order valence-electron chi connectivity index (χ0n) is 22.9. The summed E-state index contributed by atoms with van der Waals surface area (Å²) < 4.78 is 22.2. The molecular weight excluding hydrogens is 477 g/mol. The lowest BCUT2D eigenvalue weighted by atomic mass is 10.1. The van der Waals surface area contributed by atoms with Gasteiger partial charge in [-0.05, 0) is 30.5 Å². The fraction of sp³-hybridized carbons (Fsp3) is 0.750. The van der Waals surface area contributed by atoms with E-state index in [1.807, 2.05) is 43.6 Å². The molecule has 0 heterocycles. The predicted molar refractivity (Wildman–Crippen MR) is 146 cm³/mol. The van der Waals surface area contributed by atoms with Crippen LogP contribution in [0.3, 0.4) is 0 Å². The zero-order chi connectivity index (χ0) is 26.3. The lowest BCUT2D eigenvalue weighted by Crippen LogP contribution is -2.80. The van der Waals surface area contributed by atoms with Gasteiger partial charge in [0.2, 0.25) is 0 Å². The number of benzene rings is 1. The molecule has 0 aliphatic rings. The molecule has 0 aromatic heterocycles. The molecule has 0 amide bonds. The van der Waals surface area contributed by atoms with Crippen LogP contribution in [0, 0.1) is 0 Å². The highest BCUT2D eigenvalue weighted by Gasteiger charge is 2.18. The summed E-state index contributed by atoms with van der Waals surface area (Å²) in [5.74, 6) is 0.594. The second-order valence-electron chi connectivity index (χ2n) is 9.30. The zero-order valence-corrected chi connectivity index (χ0v) is 23.8. The van der Waals surface area contributed by atoms with Gasteiger partial charge >= 0.3 is 14.6 Å². The van der Waals surface area contributed by atoms with Crippen LogP contribution in [-0.4, -0.2) is 50.4 Å². The van der Waals surface area contributed by atoms with Crippen molar-refractivity contribution in [1.29, 1.82) is 0 Å². The summed E-state index contributed by atoms with van der Waals surface area (Å²) in [5.41, 5.74) is 1.02. The topological polar surface area (TPSA) is 90.8 Å². The number of rotatable bonds is 24. The minimum absolute atomic E-state index is 0.0878. The van der Waals surface area contributed by atoms with Gasteiger partial charge in [0.15, 0.2) is 0 Å². The summed E-state index contributed by atoms with van der Waals surface area (Å²) in [6, 6.07) is 7.90. The first-order valence-corrected chi connectivity index (χ1v) is 15.2. The van der Waals surface area contributed by atoms with Gasteiger partial charge in [-0.1, -0.05) is 83.8 Å². The molecular formula is C28H51NO6P+. The minimum atomic E-state index is -1.99. The van der Waals surface area contributed by atoms with Gasteiger partial charge in [-0.25, -0.2) is 0 Å². The van der Waals surface area contributed by atoms with Gasteiger partial charge in [0, 0.05) is 12.8 Å². The summed E-state index contributed by atoms with van der Waals surface area (Å²) in [7, 11) is -0.0543. The Hall–Kier alpha value is -1.24. The monoisotopic (exact) mass is 528 g/mol. The molecule has 0 aliphatic carbocycles. The molecule has 36 heavy (non-hydrogen) atoms. The number of unbranched alkanes of at least 4 members (excludes halogenated alkanes) is 9. The number of hydrogen-bond donors (Lipinski definition) is 2. The Morgan fingerprint density at radius 1 is 0.889 bits per heavy atom. The Morgan fingerprint density at radius 3 is 2.14 bits per heavy atom. The Morgan fingerprint density at radius 2 is 1.53 bits per heavy atom. The second-order valence-corrected chi connectivity index (χ2v) is 10.3. The van der Waals surface area contributed by atoms with E-state index in [0.717, 1.165) is 37.3 Å². The molecule has 1 aromatic rings. The number of esters is 1. The molecule has 1 rings (SSSR count). The summed E-state index contributed by atoms with van der Waals surface area (Å²) >= 11 is 0. The minimum Gasteiger partial charge on any atom is -0.494 e. The summed E-state index contributed by atoms with van der Waals surface area (Å²) in [6.07, 6.45) is 14.2. The third-order valence-corrected chi connectivity index (χ3v) is 6.66. The maximum absolute atomic E-state index is 12.0. The highest BCUT2D eigenvalue weighted by molar-refractivity contribution is 7.40. The van der Waals surface area contributed by atoms with Crippen LogP contribution in [0.1, 0.15) is 96.5 Å². The summed E-state index contributed by atoms with van der Waals surface area (Å²) in [4.78, 5) is 22.0. The van der Waals surface area contributed by atoms with Crippen molar-refractivity contribution in [2.75, 3.05) is 33.4 Å². The van der Waals surface area contributed by atoms with E-state index in [9.17, 15) is 9.69 Å². The van der Waals surface area contributed by atoms with Gasteiger partial charge in [-0.3, -0.25) is 4.79 Å². The molecule has 0 saturated carbocycles. The Balaban J connectivity index is 2.33. The molecule has 208 valence electrons.